The van der Waals surface area contributed by atoms with Crippen LogP contribution in [0.1, 0.15) is 23.2 Å². The maximum absolute atomic E-state index is 11.6. The molecule has 0 spiro atoms. The zero-order chi connectivity index (χ0) is 15.7. The second kappa shape index (κ2) is 5.71. The van der Waals surface area contributed by atoms with E-state index in [1.165, 1.54) is 5.56 Å². The van der Waals surface area contributed by atoms with E-state index in [0.29, 0.717) is 13.1 Å². The van der Waals surface area contributed by atoms with E-state index < -0.39 is 6.03 Å². The summed E-state index contributed by atoms with van der Waals surface area (Å²) in [6, 6.07) is 5.72. The average Bonchev–Trinajstić information content (AvgIpc) is 2.82. The number of hydrogen-bond acceptors (Lipinski definition) is 3. The van der Waals surface area contributed by atoms with Gasteiger partial charge in [-0.15, -0.1) is 0 Å². The van der Waals surface area contributed by atoms with Crippen molar-refractivity contribution in [1.29, 1.82) is 0 Å². The van der Waals surface area contributed by atoms with Crippen LogP contribution in [0.15, 0.2) is 24.4 Å². The van der Waals surface area contributed by atoms with E-state index in [9.17, 15) is 4.79 Å². The molecule has 2 aromatic rings. The van der Waals surface area contributed by atoms with Gasteiger partial charge >= 0.3 is 6.03 Å². The highest BCUT2D eigenvalue weighted by Crippen LogP contribution is 2.30. The molecule has 0 saturated carbocycles. The number of carbonyl (C=O) groups excluding carboxylic acids is 1. The Labute approximate surface area is 129 Å². The molecule has 0 atom stereocenters. The molecule has 0 unspecified atom stereocenters. The predicted molar refractivity (Wildman–Crippen MR) is 87.0 cm³/mol. The fraction of sp³-hybridized carbons (Fsp3) is 0.375. The lowest BCUT2D eigenvalue weighted by Crippen LogP contribution is -2.39. The van der Waals surface area contributed by atoms with Crippen LogP contribution in [0, 0.1) is 6.92 Å². The van der Waals surface area contributed by atoms with Crippen molar-refractivity contribution in [2.45, 2.75) is 26.3 Å². The van der Waals surface area contributed by atoms with Gasteiger partial charge in [-0.1, -0.05) is 6.07 Å². The molecule has 2 heterocycles. The first-order valence-electron chi connectivity index (χ1n) is 7.47. The van der Waals surface area contributed by atoms with Crippen LogP contribution in [-0.2, 0) is 20.0 Å². The molecule has 0 aliphatic carbocycles. The molecule has 0 radical (unpaired) electrons. The Morgan fingerprint density at radius 3 is 2.95 bits per heavy atom. The van der Waals surface area contributed by atoms with Crippen LogP contribution in [0.3, 0.4) is 0 Å². The molecule has 2 amide bonds. The maximum Gasteiger partial charge on any atom is 0.319 e. The van der Waals surface area contributed by atoms with Crippen molar-refractivity contribution < 1.29 is 4.79 Å². The Morgan fingerprint density at radius 2 is 2.27 bits per heavy atom. The largest absolute Gasteiger partial charge is 0.379 e. The van der Waals surface area contributed by atoms with Gasteiger partial charge in [0.15, 0.2) is 0 Å². The first-order valence-corrected chi connectivity index (χ1v) is 7.47. The van der Waals surface area contributed by atoms with Crippen molar-refractivity contribution in [2.24, 2.45) is 12.8 Å². The Hall–Kier alpha value is -2.50. The number of anilines is 2. The lowest BCUT2D eigenvalue weighted by atomic mass is 10.0. The number of carbonyl (C=O) groups is 1. The summed E-state index contributed by atoms with van der Waals surface area (Å²) in [6.07, 6.45) is 3.94. The SMILES string of the molecule is Cc1cn(C)nc1CNc1ccc2c(c1)N(C(N)=O)CCC2. The monoisotopic (exact) mass is 299 g/mol. The van der Waals surface area contributed by atoms with Crippen LogP contribution >= 0.6 is 0 Å². The molecule has 1 aliphatic rings. The molecule has 0 saturated heterocycles. The molecule has 3 rings (SSSR count). The van der Waals surface area contributed by atoms with Crippen molar-refractivity contribution in [3.63, 3.8) is 0 Å². The standard InChI is InChI=1S/C16H21N5O/c1-11-10-20(2)19-14(11)9-18-13-6-5-12-4-3-7-21(16(17)22)15(12)8-13/h5-6,8,10,18H,3-4,7,9H2,1-2H3,(H2,17,22). The molecule has 3 N–H and O–H groups in total. The Morgan fingerprint density at radius 1 is 1.45 bits per heavy atom. The number of aryl methyl sites for hydroxylation is 3. The Balaban J connectivity index is 1.79. The number of nitrogens with two attached hydrogens (primary N) is 1. The van der Waals surface area contributed by atoms with Gasteiger partial charge in [-0.05, 0) is 43.0 Å². The molecule has 1 aromatic heterocycles. The van der Waals surface area contributed by atoms with Crippen molar-refractivity contribution in [3.8, 4) is 0 Å². The van der Waals surface area contributed by atoms with E-state index >= 15 is 0 Å². The number of nitrogens with one attached hydrogen (secondary N) is 1. The van der Waals surface area contributed by atoms with Gasteiger partial charge in [0, 0.05) is 25.5 Å². The molecule has 0 fully saturated rings. The van der Waals surface area contributed by atoms with Gasteiger partial charge in [0.1, 0.15) is 0 Å². The van der Waals surface area contributed by atoms with Crippen molar-refractivity contribution in [3.05, 3.63) is 41.2 Å². The van der Waals surface area contributed by atoms with Crippen LogP contribution in [0.25, 0.3) is 0 Å². The van der Waals surface area contributed by atoms with Gasteiger partial charge in [0.2, 0.25) is 0 Å². The van der Waals surface area contributed by atoms with Crippen molar-refractivity contribution >= 4 is 17.4 Å². The highest BCUT2D eigenvalue weighted by Gasteiger charge is 2.20. The molecule has 0 bridgehead atoms. The normalized spacial score (nSPS) is 13.8. The van der Waals surface area contributed by atoms with Crippen LogP contribution in [0.2, 0.25) is 0 Å². The van der Waals surface area contributed by atoms with Crippen molar-refractivity contribution in [2.75, 3.05) is 16.8 Å². The molecule has 6 heteroatoms. The van der Waals surface area contributed by atoms with E-state index in [1.54, 1.807) is 4.90 Å². The number of amides is 2. The lowest BCUT2D eigenvalue weighted by Gasteiger charge is -2.28. The van der Waals surface area contributed by atoms with E-state index in [4.69, 9.17) is 5.73 Å². The Bertz CT molecular complexity index is 707. The summed E-state index contributed by atoms with van der Waals surface area (Å²) in [6.45, 7) is 3.39. The average molecular weight is 299 g/mol. The van der Waals surface area contributed by atoms with Gasteiger partial charge in [0.05, 0.1) is 17.9 Å². The van der Waals surface area contributed by atoms with E-state index in [2.05, 4.69) is 16.5 Å². The highest BCUT2D eigenvalue weighted by molar-refractivity contribution is 5.92. The number of nitrogens with zero attached hydrogens (tertiary/aromatic N) is 3. The van der Waals surface area contributed by atoms with Crippen LogP contribution in [0.5, 0.6) is 0 Å². The molecular formula is C16H21N5O. The molecule has 6 nitrogen and oxygen atoms in total. The summed E-state index contributed by atoms with van der Waals surface area (Å²) in [5.41, 5.74) is 10.7. The quantitative estimate of drug-likeness (QED) is 0.912. The fourth-order valence-corrected chi connectivity index (χ4v) is 2.93. The van der Waals surface area contributed by atoms with E-state index in [-0.39, 0.29) is 0 Å². The van der Waals surface area contributed by atoms with Gasteiger partial charge < -0.3 is 11.1 Å². The number of hydrogen-bond donors (Lipinski definition) is 2. The third-order valence-corrected chi connectivity index (χ3v) is 4.04. The summed E-state index contributed by atoms with van der Waals surface area (Å²) in [4.78, 5) is 13.2. The first kappa shape index (κ1) is 14.4. The number of rotatable bonds is 3. The molecule has 1 aliphatic heterocycles. The van der Waals surface area contributed by atoms with Gasteiger partial charge in [-0.3, -0.25) is 9.58 Å². The zero-order valence-corrected chi connectivity index (χ0v) is 13.0. The number of fused-ring (bicyclic) bond motifs is 1. The second-order valence-corrected chi connectivity index (χ2v) is 5.72. The lowest BCUT2D eigenvalue weighted by molar-refractivity contribution is 0.253. The van der Waals surface area contributed by atoms with Crippen molar-refractivity contribution in [1.82, 2.24) is 9.78 Å². The highest BCUT2D eigenvalue weighted by atomic mass is 16.2. The number of benzene rings is 1. The molecule has 1 aromatic carbocycles. The molecule has 22 heavy (non-hydrogen) atoms. The second-order valence-electron chi connectivity index (χ2n) is 5.72. The summed E-state index contributed by atoms with van der Waals surface area (Å²) in [5.74, 6) is 0. The Kier molecular flexibility index (Phi) is 3.75. The predicted octanol–water partition coefficient (Wildman–Crippen LogP) is 2.17. The number of aromatic nitrogens is 2. The third-order valence-electron chi connectivity index (χ3n) is 4.04. The summed E-state index contributed by atoms with van der Waals surface area (Å²) < 4.78 is 1.81. The smallest absolute Gasteiger partial charge is 0.319 e. The van der Waals surface area contributed by atoms with Gasteiger partial charge in [-0.2, -0.15) is 5.10 Å². The number of urea groups is 1. The van der Waals surface area contributed by atoms with E-state index in [0.717, 1.165) is 35.5 Å². The van der Waals surface area contributed by atoms with Crippen LogP contribution in [-0.4, -0.2) is 22.4 Å². The minimum atomic E-state index is -0.390. The summed E-state index contributed by atoms with van der Waals surface area (Å²) in [5, 5.41) is 7.80. The third kappa shape index (κ3) is 2.77. The zero-order valence-electron chi connectivity index (χ0n) is 13.0. The molecular weight excluding hydrogens is 278 g/mol. The first-order chi connectivity index (χ1) is 10.5. The minimum absolute atomic E-state index is 0.390. The van der Waals surface area contributed by atoms with E-state index in [1.807, 2.05) is 37.0 Å². The molecule has 116 valence electrons. The topological polar surface area (TPSA) is 76.2 Å². The van der Waals surface area contributed by atoms with Crippen LogP contribution < -0.4 is 16.0 Å². The number of primary amides is 1. The fourth-order valence-electron chi connectivity index (χ4n) is 2.93. The summed E-state index contributed by atoms with van der Waals surface area (Å²) in [7, 11) is 1.92. The van der Waals surface area contributed by atoms with Gasteiger partial charge in [0.25, 0.3) is 0 Å². The van der Waals surface area contributed by atoms with Gasteiger partial charge in [-0.25, -0.2) is 4.79 Å². The minimum Gasteiger partial charge on any atom is -0.379 e. The maximum atomic E-state index is 11.6. The summed E-state index contributed by atoms with van der Waals surface area (Å²) >= 11 is 0. The van der Waals surface area contributed by atoms with Crippen LogP contribution in [0.4, 0.5) is 16.2 Å².